The fourth-order valence-electron chi connectivity index (χ4n) is 4.91. The van der Waals surface area contributed by atoms with Crippen molar-refractivity contribution in [2.24, 2.45) is 0 Å². The Hall–Kier alpha value is -3.41. The van der Waals surface area contributed by atoms with E-state index >= 15 is 0 Å². The summed E-state index contributed by atoms with van der Waals surface area (Å²) in [5.41, 5.74) is 0.786. The van der Waals surface area contributed by atoms with Gasteiger partial charge in [-0.25, -0.2) is 19.3 Å². The Morgan fingerprint density at radius 3 is 2.39 bits per heavy atom. The molecule has 11 heteroatoms. The average molecular weight is 523 g/mol. The molecular weight excluding hydrogens is 487 g/mol. The maximum absolute atomic E-state index is 14.5. The number of piperazine rings is 2. The first-order valence-corrected chi connectivity index (χ1v) is 13.2. The number of hydrogen-bond acceptors (Lipinski definition) is 9. The van der Waals surface area contributed by atoms with Gasteiger partial charge in [0, 0.05) is 83.9 Å². The van der Waals surface area contributed by atoms with Gasteiger partial charge in [0.1, 0.15) is 11.5 Å². The SMILES string of the molecule is CC(CN1CCN(c2ncccn2)CC1)NC(=O)c1oc(-c2ccccc2F)nc1CN1CCN(C)CC1. The average Bonchev–Trinajstić information content (AvgIpc) is 3.35. The summed E-state index contributed by atoms with van der Waals surface area (Å²) in [5, 5.41) is 3.08. The number of hydrogen-bond donors (Lipinski definition) is 1. The van der Waals surface area contributed by atoms with E-state index in [4.69, 9.17) is 4.42 Å². The van der Waals surface area contributed by atoms with E-state index in [1.165, 1.54) is 6.07 Å². The number of carbonyl (C=O) groups excluding carboxylic acids is 1. The van der Waals surface area contributed by atoms with Gasteiger partial charge < -0.3 is 19.5 Å². The first-order chi connectivity index (χ1) is 18.5. The van der Waals surface area contributed by atoms with Gasteiger partial charge in [-0.3, -0.25) is 14.6 Å². The number of amides is 1. The molecule has 2 saturated heterocycles. The number of aromatic nitrogens is 3. The highest BCUT2D eigenvalue weighted by molar-refractivity contribution is 5.93. The van der Waals surface area contributed by atoms with Crippen LogP contribution in [0.15, 0.2) is 47.1 Å². The van der Waals surface area contributed by atoms with Crippen LogP contribution in [0.3, 0.4) is 0 Å². The second kappa shape index (κ2) is 12.0. The van der Waals surface area contributed by atoms with Gasteiger partial charge in [0.25, 0.3) is 5.91 Å². The quantitative estimate of drug-likeness (QED) is 0.477. The van der Waals surface area contributed by atoms with Crippen LogP contribution in [-0.2, 0) is 6.54 Å². The Bertz CT molecular complexity index is 1210. The second-order valence-electron chi connectivity index (χ2n) is 10.1. The van der Waals surface area contributed by atoms with E-state index in [1.54, 1.807) is 30.6 Å². The predicted octanol–water partition coefficient (Wildman–Crippen LogP) is 1.96. The summed E-state index contributed by atoms with van der Waals surface area (Å²) in [6, 6.07) is 8.04. The molecule has 0 spiro atoms. The van der Waals surface area contributed by atoms with Crippen LogP contribution in [0.5, 0.6) is 0 Å². The van der Waals surface area contributed by atoms with Gasteiger partial charge in [0.15, 0.2) is 0 Å². The summed E-state index contributed by atoms with van der Waals surface area (Å²) in [7, 11) is 2.10. The summed E-state index contributed by atoms with van der Waals surface area (Å²) in [5.74, 6) is 0.273. The minimum Gasteiger partial charge on any atom is -0.430 e. The van der Waals surface area contributed by atoms with E-state index in [2.05, 4.69) is 46.9 Å². The van der Waals surface area contributed by atoms with E-state index < -0.39 is 5.82 Å². The molecule has 202 valence electrons. The smallest absolute Gasteiger partial charge is 0.289 e. The Labute approximate surface area is 222 Å². The Morgan fingerprint density at radius 1 is 1.00 bits per heavy atom. The third kappa shape index (κ3) is 6.35. The fraction of sp³-hybridized carbons (Fsp3) is 0.481. The predicted molar refractivity (Wildman–Crippen MR) is 142 cm³/mol. The number of nitrogens with one attached hydrogen (secondary N) is 1. The van der Waals surface area contributed by atoms with Gasteiger partial charge >= 0.3 is 0 Å². The molecule has 38 heavy (non-hydrogen) atoms. The van der Waals surface area contributed by atoms with Crippen molar-refractivity contribution in [1.82, 2.24) is 35.0 Å². The molecule has 5 rings (SSSR count). The van der Waals surface area contributed by atoms with Crippen LogP contribution in [-0.4, -0.2) is 108 Å². The third-order valence-corrected chi connectivity index (χ3v) is 7.09. The highest BCUT2D eigenvalue weighted by Gasteiger charge is 2.27. The van der Waals surface area contributed by atoms with Crippen molar-refractivity contribution in [2.45, 2.75) is 19.5 Å². The molecule has 10 nitrogen and oxygen atoms in total. The lowest BCUT2D eigenvalue weighted by molar-refractivity contribution is 0.0895. The lowest BCUT2D eigenvalue weighted by Gasteiger charge is -2.35. The molecule has 1 amide bonds. The molecule has 1 aromatic carbocycles. The number of nitrogens with zero attached hydrogens (tertiary/aromatic N) is 7. The summed E-state index contributed by atoms with van der Waals surface area (Å²) in [6.45, 7) is 10.2. The molecule has 2 aliphatic rings. The molecular formula is C27H35FN8O2. The summed E-state index contributed by atoms with van der Waals surface area (Å²) in [6.07, 6.45) is 3.51. The Morgan fingerprint density at radius 2 is 1.68 bits per heavy atom. The van der Waals surface area contributed by atoms with E-state index in [0.717, 1.165) is 58.3 Å². The number of rotatable bonds is 8. The standard InChI is InChI=1S/C27H35FN8O2/c1-20(18-34-14-16-36(17-15-34)27-29-8-5-9-30-27)31-25(37)24-23(19-35-12-10-33(2)11-13-35)32-26(38-24)21-6-3-4-7-22(21)28/h3-9,20H,10-19H2,1-2H3,(H,31,37). The molecule has 4 heterocycles. The van der Waals surface area contributed by atoms with Crippen molar-refractivity contribution in [3.8, 4) is 11.5 Å². The molecule has 2 aromatic heterocycles. The molecule has 2 aliphatic heterocycles. The van der Waals surface area contributed by atoms with Gasteiger partial charge in [0.05, 0.1) is 5.56 Å². The van der Waals surface area contributed by atoms with Crippen molar-refractivity contribution in [1.29, 1.82) is 0 Å². The largest absolute Gasteiger partial charge is 0.430 e. The van der Waals surface area contributed by atoms with Crippen LogP contribution >= 0.6 is 0 Å². The van der Waals surface area contributed by atoms with Crippen LogP contribution in [0.1, 0.15) is 23.2 Å². The Balaban J connectivity index is 1.24. The number of halogens is 1. The molecule has 1 atom stereocenters. The number of carbonyl (C=O) groups is 1. The van der Waals surface area contributed by atoms with E-state index in [-0.39, 0.29) is 29.2 Å². The Kier molecular flexibility index (Phi) is 8.26. The number of anilines is 1. The molecule has 1 unspecified atom stereocenters. The lowest BCUT2D eigenvalue weighted by Crippen LogP contribution is -2.51. The summed E-state index contributed by atoms with van der Waals surface area (Å²) < 4.78 is 20.4. The van der Waals surface area contributed by atoms with Crippen molar-refractivity contribution in [3.05, 3.63) is 60.0 Å². The third-order valence-electron chi connectivity index (χ3n) is 7.09. The number of benzene rings is 1. The first-order valence-electron chi connectivity index (χ1n) is 13.2. The van der Waals surface area contributed by atoms with Crippen LogP contribution in [0.25, 0.3) is 11.5 Å². The minimum absolute atomic E-state index is 0.111. The molecule has 0 radical (unpaired) electrons. The van der Waals surface area contributed by atoms with Crippen molar-refractivity contribution in [2.75, 3.05) is 70.9 Å². The van der Waals surface area contributed by atoms with Gasteiger partial charge in [-0.15, -0.1) is 0 Å². The first kappa shape index (κ1) is 26.2. The maximum Gasteiger partial charge on any atom is 0.289 e. The van der Waals surface area contributed by atoms with Crippen LogP contribution in [0, 0.1) is 5.82 Å². The topological polar surface area (TPSA) is 93.9 Å². The highest BCUT2D eigenvalue weighted by atomic mass is 19.1. The zero-order valence-corrected chi connectivity index (χ0v) is 22.0. The molecule has 1 N–H and O–H groups in total. The van der Waals surface area contributed by atoms with Gasteiger partial charge in [-0.05, 0) is 32.2 Å². The van der Waals surface area contributed by atoms with Gasteiger partial charge in [-0.1, -0.05) is 12.1 Å². The normalized spacial score (nSPS) is 18.4. The summed E-state index contributed by atoms with van der Waals surface area (Å²) >= 11 is 0. The summed E-state index contributed by atoms with van der Waals surface area (Å²) in [4.78, 5) is 35.6. The van der Waals surface area contributed by atoms with Gasteiger partial charge in [0.2, 0.25) is 17.6 Å². The number of oxazole rings is 1. The van der Waals surface area contributed by atoms with Crippen molar-refractivity contribution < 1.29 is 13.6 Å². The molecule has 3 aromatic rings. The molecule has 0 saturated carbocycles. The van der Waals surface area contributed by atoms with Gasteiger partial charge in [-0.2, -0.15) is 0 Å². The lowest BCUT2D eigenvalue weighted by atomic mass is 10.2. The fourth-order valence-corrected chi connectivity index (χ4v) is 4.91. The second-order valence-corrected chi connectivity index (χ2v) is 10.1. The van der Waals surface area contributed by atoms with Crippen molar-refractivity contribution in [3.63, 3.8) is 0 Å². The van der Waals surface area contributed by atoms with E-state index in [0.29, 0.717) is 18.8 Å². The van der Waals surface area contributed by atoms with Crippen LogP contribution in [0.2, 0.25) is 0 Å². The van der Waals surface area contributed by atoms with E-state index in [1.807, 2.05) is 13.0 Å². The zero-order chi connectivity index (χ0) is 26.5. The zero-order valence-electron chi connectivity index (χ0n) is 22.0. The van der Waals surface area contributed by atoms with Crippen LogP contribution < -0.4 is 10.2 Å². The van der Waals surface area contributed by atoms with E-state index in [9.17, 15) is 9.18 Å². The molecule has 2 fully saturated rings. The maximum atomic E-state index is 14.5. The highest BCUT2D eigenvalue weighted by Crippen LogP contribution is 2.26. The monoisotopic (exact) mass is 522 g/mol. The minimum atomic E-state index is -0.430. The molecule has 0 aliphatic carbocycles. The van der Waals surface area contributed by atoms with Crippen LogP contribution in [0.4, 0.5) is 10.3 Å². The molecule has 0 bridgehead atoms. The number of likely N-dealkylation sites (N-methyl/N-ethyl adjacent to an activating group) is 1. The van der Waals surface area contributed by atoms with Crippen molar-refractivity contribution >= 4 is 11.9 Å².